The second kappa shape index (κ2) is 15.1. The topological polar surface area (TPSA) is 57.1 Å². The number of nitrogens with zero attached hydrogens (tertiary/aromatic N) is 3. The van der Waals surface area contributed by atoms with Gasteiger partial charge in [0.2, 0.25) is 0 Å². The lowest BCUT2D eigenvalue weighted by Gasteiger charge is -2.15. The maximum absolute atomic E-state index is 6.22. The van der Waals surface area contributed by atoms with Crippen LogP contribution in [0, 0.1) is 27.7 Å². The number of hydrogen-bond donors (Lipinski definition) is 0. The minimum Gasteiger partial charge on any atom is -0.493 e. The number of benzene rings is 3. The smallest absolute Gasteiger partial charge is 0.167 e. The molecule has 0 radical (unpaired) electrons. The van der Waals surface area contributed by atoms with Gasteiger partial charge in [0.05, 0.1) is 18.8 Å². The third-order valence-corrected chi connectivity index (χ3v) is 7.45. The molecule has 0 aliphatic carbocycles. The molecule has 0 spiro atoms. The first kappa shape index (κ1) is 30.7. The molecule has 1 aromatic heterocycles. The van der Waals surface area contributed by atoms with Crippen LogP contribution >= 0.6 is 9.24 Å². The van der Waals surface area contributed by atoms with Crippen LogP contribution in [0.5, 0.6) is 11.5 Å². The molecule has 1 unspecified atom stereocenters. The van der Waals surface area contributed by atoms with E-state index in [0.717, 1.165) is 51.9 Å². The Morgan fingerprint density at radius 3 is 1.68 bits per heavy atom. The fraction of sp³-hybridized carbons (Fsp3) is 0.400. The lowest BCUT2D eigenvalue weighted by Crippen LogP contribution is -2.05. The van der Waals surface area contributed by atoms with E-state index in [0.29, 0.717) is 30.7 Å². The number of hydrogen-bond acceptors (Lipinski definition) is 5. The van der Waals surface area contributed by atoms with Crippen molar-refractivity contribution in [2.24, 2.45) is 0 Å². The second-order valence-corrected chi connectivity index (χ2v) is 11.4. The zero-order valence-corrected chi connectivity index (χ0v) is 26.5. The van der Waals surface area contributed by atoms with Gasteiger partial charge in [-0.1, -0.05) is 86.6 Å². The van der Waals surface area contributed by atoms with E-state index in [1.165, 1.54) is 43.2 Å². The highest BCUT2D eigenvalue weighted by molar-refractivity contribution is 7.16. The largest absolute Gasteiger partial charge is 0.493 e. The van der Waals surface area contributed by atoms with Gasteiger partial charge in [0.15, 0.2) is 17.5 Å². The minimum absolute atomic E-state index is 0.567. The molecule has 0 bridgehead atoms. The molecule has 4 aromatic rings. The Bertz CT molecular complexity index is 1380. The van der Waals surface area contributed by atoms with Crippen molar-refractivity contribution in [2.75, 3.05) is 19.4 Å². The minimum atomic E-state index is 0.567. The Kier molecular flexibility index (Phi) is 11.3. The molecule has 5 nitrogen and oxygen atoms in total. The average Bonchev–Trinajstić information content (AvgIpc) is 2.95. The van der Waals surface area contributed by atoms with Crippen LogP contribution in [0.15, 0.2) is 54.6 Å². The third kappa shape index (κ3) is 8.36. The molecule has 3 aromatic carbocycles. The summed E-state index contributed by atoms with van der Waals surface area (Å²) in [6, 6.07) is 18.7. The second-order valence-electron chi connectivity index (χ2n) is 10.9. The van der Waals surface area contributed by atoms with Gasteiger partial charge in [0.25, 0.3) is 0 Å². The number of ether oxygens (including phenoxy) is 2. The predicted octanol–water partition coefficient (Wildman–Crippen LogP) is 9.10. The number of aromatic nitrogens is 3. The Balaban J connectivity index is 1.72. The summed E-state index contributed by atoms with van der Waals surface area (Å²) in [5.74, 6) is 3.42. The Morgan fingerprint density at radius 1 is 0.585 bits per heavy atom. The number of rotatable bonds is 14. The van der Waals surface area contributed by atoms with E-state index < -0.39 is 0 Å². The van der Waals surface area contributed by atoms with Crippen molar-refractivity contribution in [2.45, 2.75) is 73.1 Å². The predicted molar refractivity (Wildman–Crippen MR) is 174 cm³/mol. The SMILES string of the molecule is CCCCCCCCOc1ccc(-c2nc(-c3ccc(C)cc3C)nc(-c3ccc(C)cc3C)n2)c(OCCP)c1. The molecule has 0 amide bonds. The van der Waals surface area contributed by atoms with Gasteiger partial charge in [-0.25, -0.2) is 15.0 Å². The third-order valence-electron chi connectivity index (χ3n) is 7.22. The van der Waals surface area contributed by atoms with E-state index in [1.54, 1.807) is 0 Å². The highest BCUT2D eigenvalue weighted by Gasteiger charge is 2.18. The molecular weight excluding hydrogens is 525 g/mol. The summed E-state index contributed by atoms with van der Waals surface area (Å²) in [5, 5.41) is 0. The normalized spacial score (nSPS) is 11.1. The molecule has 4 rings (SSSR count). The van der Waals surface area contributed by atoms with Crippen LogP contribution < -0.4 is 9.47 Å². The van der Waals surface area contributed by atoms with Gasteiger partial charge in [-0.3, -0.25) is 0 Å². The lowest BCUT2D eigenvalue weighted by molar-refractivity contribution is 0.299. The summed E-state index contributed by atoms with van der Waals surface area (Å²) in [6.45, 7) is 11.9. The summed E-state index contributed by atoms with van der Waals surface area (Å²) in [6.07, 6.45) is 8.22. The maximum atomic E-state index is 6.22. The van der Waals surface area contributed by atoms with Crippen LogP contribution in [0.4, 0.5) is 0 Å². The van der Waals surface area contributed by atoms with Crippen LogP contribution in [0.1, 0.15) is 67.7 Å². The summed E-state index contributed by atoms with van der Waals surface area (Å²) >= 11 is 0. The summed E-state index contributed by atoms with van der Waals surface area (Å²) in [4.78, 5) is 15.0. The molecule has 0 saturated carbocycles. The molecule has 216 valence electrons. The average molecular weight is 570 g/mol. The van der Waals surface area contributed by atoms with Crippen LogP contribution in [-0.2, 0) is 0 Å². The van der Waals surface area contributed by atoms with E-state index in [1.807, 2.05) is 18.2 Å². The molecule has 0 saturated heterocycles. The zero-order valence-electron chi connectivity index (χ0n) is 25.3. The molecule has 0 fully saturated rings. The maximum Gasteiger partial charge on any atom is 0.167 e. The number of aryl methyl sites for hydroxylation is 4. The number of unbranched alkanes of at least 4 members (excludes halogenated alkanes) is 5. The van der Waals surface area contributed by atoms with E-state index in [4.69, 9.17) is 24.4 Å². The van der Waals surface area contributed by atoms with Gasteiger partial charge in [0, 0.05) is 17.2 Å². The summed E-state index contributed by atoms with van der Waals surface area (Å²) < 4.78 is 12.3. The highest BCUT2D eigenvalue weighted by atomic mass is 31.0. The van der Waals surface area contributed by atoms with Crippen molar-refractivity contribution in [3.63, 3.8) is 0 Å². The van der Waals surface area contributed by atoms with Crippen LogP contribution in [0.3, 0.4) is 0 Å². The van der Waals surface area contributed by atoms with Crippen molar-refractivity contribution >= 4 is 9.24 Å². The molecule has 0 N–H and O–H groups in total. The zero-order chi connectivity index (χ0) is 29.2. The van der Waals surface area contributed by atoms with Crippen molar-refractivity contribution in [1.29, 1.82) is 0 Å². The highest BCUT2D eigenvalue weighted by Crippen LogP contribution is 2.35. The van der Waals surface area contributed by atoms with Crippen LogP contribution in [0.25, 0.3) is 34.2 Å². The van der Waals surface area contributed by atoms with E-state index in [2.05, 4.69) is 80.3 Å². The van der Waals surface area contributed by atoms with Crippen molar-refractivity contribution in [3.05, 3.63) is 76.9 Å². The Hall–Kier alpha value is -3.30. The fourth-order valence-electron chi connectivity index (χ4n) is 5.00. The molecule has 1 heterocycles. The standard InChI is InChI=1S/C35H44N3O2P/c1-6-7-8-9-10-11-18-39-28-14-17-31(32(23-28)40-19-20-41)35-37-33(29-15-12-24(2)21-26(29)4)36-34(38-35)30-16-13-25(3)22-27(30)5/h12-17,21-23H,6-11,18-20,41H2,1-5H3. The Labute approximate surface area is 248 Å². The lowest BCUT2D eigenvalue weighted by atomic mass is 10.0. The van der Waals surface area contributed by atoms with Crippen LogP contribution in [0.2, 0.25) is 0 Å². The molecule has 0 aliphatic rings. The van der Waals surface area contributed by atoms with E-state index in [-0.39, 0.29) is 0 Å². The monoisotopic (exact) mass is 569 g/mol. The van der Waals surface area contributed by atoms with E-state index >= 15 is 0 Å². The summed E-state index contributed by atoms with van der Waals surface area (Å²) in [5.41, 5.74) is 7.50. The Morgan fingerprint density at radius 2 is 1.12 bits per heavy atom. The molecule has 41 heavy (non-hydrogen) atoms. The first-order chi connectivity index (χ1) is 19.9. The molecule has 0 aliphatic heterocycles. The van der Waals surface area contributed by atoms with Gasteiger partial charge in [-0.2, -0.15) is 0 Å². The van der Waals surface area contributed by atoms with E-state index in [9.17, 15) is 0 Å². The quantitative estimate of drug-likeness (QED) is 0.112. The van der Waals surface area contributed by atoms with Gasteiger partial charge >= 0.3 is 0 Å². The molecule has 6 heteroatoms. The first-order valence-corrected chi connectivity index (χ1v) is 15.7. The van der Waals surface area contributed by atoms with Crippen molar-refractivity contribution < 1.29 is 9.47 Å². The fourth-order valence-corrected chi connectivity index (χ4v) is 5.12. The van der Waals surface area contributed by atoms with Gasteiger partial charge in [-0.05, 0) is 63.5 Å². The van der Waals surface area contributed by atoms with Gasteiger partial charge in [-0.15, -0.1) is 9.24 Å². The van der Waals surface area contributed by atoms with Crippen molar-refractivity contribution in [1.82, 2.24) is 15.0 Å². The summed E-state index contributed by atoms with van der Waals surface area (Å²) in [7, 11) is 2.73. The van der Waals surface area contributed by atoms with Gasteiger partial charge < -0.3 is 9.47 Å². The molecule has 1 atom stereocenters. The molecular formula is C35H44N3O2P. The van der Waals surface area contributed by atoms with Crippen LogP contribution in [-0.4, -0.2) is 34.3 Å². The first-order valence-electron chi connectivity index (χ1n) is 14.9. The van der Waals surface area contributed by atoms with Crippen molar-refractivity contribution in [3.8, 4) is 45.7 Å². The van der Waals surface area contributed by atoms with Gasteiger partial charge in [0.1, 0.15) is 11.5 Å².